The first-order valence-electron chi connectivity index (χ1n) is 9.79. The third kappa shape index (κ3) is 4.10. The van der Waals surface area contributed by atoms with Crippen molar-refractivity contribution in [2.75, 3.05) is 21.3 Å². The lowest BCUT2D eigenvalue weighted by Gasteiger charge is -2.15. The van der Waals surface area contributed by atoms with Crippen LogP contribution in [0.4, 0.5) is 0 Å². The average molecular weight is 484 g/mol. The van der Waals surface area contributed by atoms with Crippen molar-refractivity contribution in [2.45, 2.75) is 9.79 Å². The Morgan fingerprint density at radius 2 is 1.42 bits per heavy atom. The van der Waals surface area contributed by atoms with Gasteiger partial charge in [-0.15, -0.1) is 0 Å². The highest BCUT2D eigenvalue weighted by Crippen LogP contribution is 2.40. The van der Waals surface area contributed by atoms with Gasteiger partial charge in [0, 0.05) is 17.7 Å². The molecule has 0 aliphatic carbocycles. The summed E-state index contributed by atoms with van der Waals surface area (Å²) >= 11 is 5.46. The van der Waals surface area contributed by atoms with Crippen LogP contribution < -0.4 is 14.2 Å². The van der Waals surface area contributed by atoms with Crippen LogP contribution in [-0.4, -0.2) is 44.5 Å². The minimum Gasteiger partial charge on any atom is -0.493 e. The fourth-order valence-corrected chi connectivity index (χ4v) is 4.96. The van der Waals surface area contributed by atoms with E-state index in [0.717, 1.165) is 0 Å². The van der Waals surface area contributed by atoms with Gasteiger partial charge in [0.1, 0.15) is 0 Å². The lowest BCUT2D eigenvalue weighted by molar-refractivity contribution is 0.324. The van der Waals surface area contributed by atoms with Crippen LogP contribution in [0.25, 0.3) is 17.1 Å². The number of ether oxygens (including phenoxy) is 3. The van der Waals surface area contributed by atoms with Crippen molar-refractivity contribution in [1.29, 1.82) is 0 Å². The molecule has 0 saturated heterocycles. The van der Waals surface area contributed by atoms with E-state index >= 15 is 0 Å². The van der Waals surface area contributed by atoms with Crippen molar-refractivity contribution in [3.8, 4) is 34.3 Å². The van der Waals surface area contributed by atoms with Gasteiger partial charge in [0.25, 0.3) is 0 Å². The first-order chi connectivity index (χ1) is 15.9. The summed E-state index contributed by atoms with van der Waals surface area (Å²) in [5.41, 5.74) is 1.31. The molecule has 1 aromatic heterocycles. The van der Waals surface area contributed by atoms with Gasteiger partial charge in [-0.3, -0.25) is 9.67 Å². The maximum Gasteiger partial charge on any atom is 0.206 e. The van der Waals surface area contributed by atoms with E-state index in [-0.39, 0.29) is 9.79 Å². The molecule has 10 heteroatoms. The quantitative estimate of drug-likeness (QED) is 0.388. The first-order valence-corrected chi connectivity index (χ1v) is 11.7. The molecule has 170 valence electrons. The van der Waals surface area contributed by atoms with E-state index in [1.165, 1.54) is 21.3 Å². The Morgan fingerprint density at radius 1 is 0.848 bits per heavy atom. The van der Waals surface area contributed by atoms with Gasteiger partial charge >= 0.3 is 0 Å². The molecule has 1 heterocycles. The molecular weight excluding hydrogens is 462 g/mol. The molecule has 0 radical (unpaired) electrons. The second kappa shape index (κ2) is 9.08. The highest BCUT2D eigenvalue weighted by Gasteiger charge is 2.20. The summed E-state index contributed by atoms with van der Waals surface area (Å²) in [5.74, 6) is 1.88. The fourth-order valence-electron chi connectivity index (χ4n) is 3.45. The lowest BCUT2D eigenvalue weighted by Crippen LogP contribution is -2.03. The third-order valence-corrected chi connectivity index (χ3v) is 7.12. The van der Waals surface area contributed by atoms with Crippen LogP contribution in [-0.2, 0) is 9.84 Å². The van der Waals surface area contributed by atoms with Crippen LogP contribution in [0.5, 0.6) is 17.2 Å². The molecule has 0 atom stereocenters. The predicted octanol–water partition coefficient (Wildman–Crippen LogP) is 4.46. The van der Waals surface area contributed by atoms with Gasteiger partial charge in [-0.1, -0.05) is 18.2 Å². The molecule has 0 bridgehead atoms. The molecule has 0 unspecified atom stereocenters. The summed E-state index contributed by atoms with van der Waals surface area (Å²) in [6.45, 7) is 0. The maximum absolute atomic E-state index is 12.9. The minimum atomic E-state index is -3.62. The number of hydrogen-bond acceptors (Lipinski definition) is 7. The molecule has 0 spiro atoms. The van der Waals surface area contributed by atoms with E-state index in [1.54, 1.807) is 71.3 Å². The number of rotatable bonds is 7. The molecule has 0 aliphatic heterocycles. The Morgan fingerprint density at radius 3 is 1.97 bits per heavy atom. The number of nitrogens with one attached hydrogen (secondary N) is 1. The van der Waals surface area contributed by atoms with Gasteiger partial charge in [-0.05, 0) is 48.6 Å². The number of H-pyrrole nitrogens is 1. The zero-order valence-corrected chi connectivity index (χ0v) is 19.7. The molecule has 0 amide bonds. The van der Waals surface area contributed by atoms with Gasteiger partial charge in [-0.25, -0.2) is 8.42 Å². The van der Waals surface area contributed by atoms with Crippen molar-refractivity contribution in [3.05, 3.63) is 71.5 Å². The van der Waals surface area contributed by atoms with E-state index < -0.39 is 9.84 Å². The Bertz CT molecular complexity index is 1420. The van der Waals surface area contributed by atoms with Crippen LogP contribution in [0.1, 0.15) is 0 Å². The Balaban J connectivity index is 1.79. The number of sulfone groups is 1. The van der Waals surface area contributed by atoms with Crippen LogP contribution in [0.2, 0.25) is 0 Å². The van der Waals surface area contributed by atoms with Crippen molar-refractivity contribution in [2.24, 2.45) is 0 Å². The lowest BCUT2D eigenvalue weighted by atomic mass is 10.2. The largest absolute Gasteiger partial charge is 0.493 e. The van der Waals surface area contributed by atoms with Crippen LogP contribution in [0.3, 0.4) is 0 Å². The first kappa shape index (κ1) is 22.6. The van der Waals surface area contributed by atoms with Gasteiger partial charge < -0.3 is 14.2 Å². The zero-order chi connectivity index (χ0) is 23.6. The topological polar surface area (TPSA) is 95.4 Å². The second-order valence-electron chi connectivity index (χ2n) is 6.91. The average Bonchev–Trinajstić information content (AvgIpc) is 3.24. The maximum atomic E-state index is 12.9. The number of hydrogen-bond donors (Lipinski definition) is 1. The van der Waals surface area contributed by atoms with Gasteiger partial charge in [0.15, 0.2) is 22.1 Å². The molecule has 0 aliphatic rings. The fraction of sp³-hybridized carbons (Fsp3) is 0.130. The molecule has 33 heavy (non-hydrogen) atoms. The number of nitrogens with zero attached hydrogens (tertiary/aromatic N) is 2. The summed E-state index contributed by atoms with van der Waals surface area (Å²) < 4.78 is 44.1. The highest BCUT2D eigenvalue weighted by molar-refractivity contribution is 7.91. The molecule has 1 N–H and O–H groups in total. The number of aromatic nitrogens is 3. The zero-order valence-electron chi connectivity index (χ0n) is 18.1. The molecular formula is C23H21N3O5S2. The standard InChI is InChI=1S/C23H21N3O5S2/c1-29-19-13-16(14-20(30-2)21(19)31-3)26-22(24-25-23(26)32)15-9-11-18(12-10-15)33(27,28)17-7-5-4-6-8-17/h4-14H,1-3H3,(H,25,32). The normalized spacial score (nSPS) is 11.2. The van der Waals surface area contributed by atoms with Crippen LogP contribution in [0.15, 0.2) is 76.5 Å². The van der Waals surface area contributed by atoms with E-state index in [4.69, 9.17) is 26.4 Å². The molecule has 8 nitrogen and oxygen atoms in total. The van der Waals surface area contributed by atoms with Crippen LogP contribution >= 0.6 is 12.2 Å². The highest BCUT2D eigenvalue weighted by atomic mass is 32.2. The molecule has 3 aromatic carbocycles. The summed E-state index contributed by atoms with van der Waals surface area (Å²) in [6.07, 6.45) is 0. The summed E-state index contributed by atoms with van der Waals surface area (Å²) in [6, 6.07) is 18.3. The SMILES string of the molecule is COc1cc(-n2c(-c3ccc(S(=O)(=O)c4ccccc4)cc3)n[nH]c2=S)cc(OC)c1OC. The van der Waals surface area contributed by atoms with Crippen molar-refractivity contribution >= 4 is 22.1 Å². The number of benzene rings is 3. The summed E-state index contributed by atoms with van der Waals surface area (Å²) in [7, 11) is 0.965. The Labute approximate surface area is 196 Å². The van der Waals surface area contributed by atoms with E-state index in [2.05, 4.69) is 10.2 Å². The van der Waals surface area contributed by atoms with Gasteiger partial charge in [0.05, 0.1) is 36.8 Å². The molecule has 4 rings (SSSR count). The van der Waals surface area contributed by atoms with Crippen molar-refractivity contribution in [3.63, 3.8) is 0 Å². The van der Waals surface area contributed by atoms with E-state index in [0.29, 0.717) is 39.1 Å². The van der Waals surface area contributed by atoms with E-state index in [9.17, 15) is 8.42 Å². The number of aromatic amines is 1. The molecule has 0 saturated carbocycles. The molecule has 0 fully saturated rings. The predicted molar refractivity (Wildman–Crippen MR) is 126 cm³/mol. The Kier molecular flexibility index (Phi) is 6.21. The number of methoxy groups -OCH3 is 3. The minimum absolute atomic E-state index is 0.186. The van der Waals surface area contributed by atoms with E-state index in [1.807, 2.05) is 0 Å². The van der Waals surface area contributed by atoms with Crippen molar-refractivity contribution < 1.29 is 22.6 Å². The summed E-state index contributed by atoms with van der Waals surface area (Å²) in [5, 5.41) is 7.14. The second-order valence-corrected chi connectivity index (χ2v) is 9.25. The molecule has 4 aromatic rings. The Hall–Kier alpha value is -3.63. The third-order valence-electron chi connectivity index (χ3n) is 5.06. The monoisotopic (exact) mass is 483 g/mol. The van der Waals surface area contributed by atoms with Crippen molar-refractivity contribution in [1.82, 2.24) is 14.8 Å². The summed E-state index contributed by atoms with van der Waals surface area (Å²) in [4.78, 5) is 0.420. The smallest absolute Gasteiger partial charge is 0.206 e. The van der Waals surface area contributed by atoms with Gasteiger partial charge in [0.2, 0.25) is 15.6 Å². The van der Waals surface area contributed by atoms with Crippen LogP contribution in [0, 0.1) is 4.77 Å². The van der Waals surface area contributed by atoms with Gasteiger partial charge in [-0.2, -0.15) is 5.10 Å².